The molecule has 2 aromatic carbocycles. The van der Waals surface area contributed by atoms with Crippen LogP contribution in [0.15, 0.2) is 65.9 Å². The third kappa shape index (κ3) is 5.06. The first kappa shape index (κ1) is 22.8. The molecular weight excluding hydrogens is 418 g/mol. The molecule has 0 saturated heterocycles. The number of nitrogens with two attached hydrogens (primary N) is 1. The lowest BCUT2D eigenvalue weighted by Crippen LogP contribution is -2.32. The molecule has 0 spiro atoms. The number of nitrogens with zero attached hydrogens (tertiary/aromatic N) is 2. The highest BCUT2D eigenvalue weighted by molar-refractivity contribution is 5.97. The maximum atomic E-state index is 15.3. The Balaban J connectivity index is 1.84. The Hall–Kier alpha value is -3.85. The lowest BCUT2D eigenvalue weighted by molar-refractivity contribution is -0.133. The van der Waals surface area contributed by atoms with Crippen molar-refractivity contribution in [3.8, 4) is 11.3 Å². The predicted molar refractivity (Wildman–Crippen MR) is 115 cm³/mol. The van der Waals surface area contributed by atoms with E-state index in [1.54, 1.807) is 49.4 Å². The lowest BCUT2D eigenvalue weighted by atomic mass is 10.0. The van der Waals surface area contributed by atoms with Crippen molar-refractivity contribution < 1.29 is 23.5 Å². The number of carbonyl (C=O) groups excluding carboxylic acids is 1. The number of rotatable bonds is 8. The van der Waals surface area contributed by atoms with E-state index < -0.39 is 29.2 Å². The van der Waals surface area contributed by atoms with Gasteiger partial charge in [0.1, 0.15) is 11.6 Å². The first-order valence-electron chi connectivity index (χ1n) is 9.81. The summed E-state index contributed by atoms with van der Waals surface area (Å²) in [6, 6.07) is 13.9. The average Bonchev–Trinajstić information content (AvgIpc) is 2.82. The molecule has 3 aromatic rings. The van der Waals surface area contributed by atoms with Crippen molar-refractivity contribution in [3.05, 3.63) is 89.1 Å². The minimum atomic E-state index is -1.49. The summed E-state index contributed by atoms with van der Waals surface area (Å²) in [5.74, 6) is -2.53. The molecule has 0 aliphatic heterocycles. The molecule has 0 saturated carbocycles. The fraction of sp³-hybridized carbons (Fsp3) is 0.174. The molecule has 3 rings (SSSR count). The second-order valence-electron chi connectivity index (χ2n) is 6.77. The van der Waals surface area contributed by atoms with Crippen LogP contribution in [-0.4, -0.2) is 28.5 Å². The topological polar surface area (TPSA) is 110 Å². The van der Waals surface area contributed by atoms with Crippen molar-refractivity contribution in [2.75, 3.05) is 6.61 Å². The number of aromatic nitrogens is 1. The minimum Gasteiger partial charge on any atom is -0.409 e. The van der Waals surface area contributed by atoms with Gasteiger partial charge in [-0.25, -0.2) is 8.78 Å². The van der Waals surface area contributed by atoms with Crippen molar-refractivity contribution in [1.82, 2.24) is 10.3 Å². The van der Waals surface area contributed by atoms with E-state index in [1.165, 1.54) is 12.3 Å². The van der Waals surface area contributed by atoms with Crippen molar-refractivity contribution in [1.29, 1.82) is 0 Å². The molecule has 7 nitrogen and oxygen atoms in total. The Morgan fingerprint density at radius 1 is 1.19 bits per heavy atom. The molecule has 4 N–H and O–H groups in total. The molecule has 1 amide bonds. The number of hydrogen-bond donors (Lipinski definition) is 3. The van der Waals surface area contributed by atoms with Crippen LogP contribution in [0.1, 0.15) is 29.7 Å². The number of ether oxygens (including phenoxy) is 1. The summed E-state index contributed by atoms with van der Waals surface area (Å²) >= 11 is 0. The monoisotopic (exact) mass is 440 g/mol. The van der Waals surface area contributed by atoms with Crippen LogP contribution in [-0.2, 0) is 16.1 Å². The Kier molecular flexibility index (Phi) is 7.45. The van der Waals surface area contributed by atoms with Gasteiger partial charge in [-0.2, -0.15) is 0 Å². The van der Waals surface area contributed by atoms with E-state index in [0.29, 0.717) is 16.8 Å². The third-order valence-electron chi connectivity index (χ3n) is 4.73. The van der Waals surface area contributed by atoms with Crippen LogP contribution >= 0.6 is 0 Å². The van der Waals surface area contributed by atoms with Gasteiger partial charge in [0.2, 0.25) is 0 Å². The van der Waals surface area contributed by atoms with E-state index in [4.69, 9.17) is 15.7 Å². The number of oxime groups is 1. The largest absolute Gasteiger partial charge is 0.409 e. The van der Waals surface area contributed by atoms with Crippen molar-refractivity contribution in [2.45, 2.75) is 19.6 Å². The summed E-state index contributed by atoms with van der Waals surface area (Å²) in [5, 5.41) is 14.3. The zero-order valence-corrected chi connectivity index (χ0v) is 17.3. The molecule has 0 aliphatic rings. The molecule has 1 aromatic heterocycles. The number of hydrogen-bond acceptors (Lipinski definition) is 5. The van der Waals surface area contributed by atoms with Crippen molar-refractivity contribution >= 4 is 11.7 Å². The second-order valence-corrected chi connectivity index (χ2v) is 6.77. The summed E-state index contributed by atoms with van der Waals surface area (Å²) in [6.45, 7) is 1.78. The Morgan fingerprint density at radius 2 is 1.94 bits per heavy atom. The number of benzene rings is 2. The first-order chi connectivity index (χ1) is 15.5. The van der Waals surface area contributed by atoms with Gasteiger partial charge >= 0.3 is 0 Å². The van der Waals surface area contributed by atoms with E-state index in [2.05, 4.69) is 15.5 Å². The molecule has 0 bridgehead atoms. The quantitative estimate of drug-likeness (QED) is 0.215. The van der Waals surface area contributed by atoms with E-state index in [0.717, 1.165) is 6.07 Å². The fourth-order valence-electron chi connectivity index (χ4n) is 3.12. The van der Waals surface area contributed by atoms with Crippen LogP contribution in [0.4, 0.5) is 8.78 Å². The molecule has 32 heavy (non-hydrogen) atoms. The molecule has 0 fully saturated rings. The smallest absolute Gasteiger partial charge is 0.254 e. The third-order valence-corrected chi connectivity index (χ3v) is 4.73. The van der Waals surface area contributed by atoms with E-state index in [9.17, 15) is 9.18 Å². The average molecular weight is 440 g/mol. The number of carbonyl (C=O) groups is 1. The molecule has 1 atom stereocenters. The van der Waals surface area contributed by atoms with E-state index >= 15 is 4.39 Å². The standard InChI is InChI=1S/C23H22F2N4O3/c1-2-32-21(23(30)28-13-14-6-8-15(9-7-14)22(26)29-31)19-17(24)11-10-16(20(19)25)18-5-3-4-12-27-18/h3-12,21,31H,2,13H2,1H3,(H2,26,29)(H,28,30). The van der Waals surface area contributed by atoms with Crippen molar-refractivity contribution in [3.63, 3.8) is 0 Å². The van der Waals surface area contributed by atoms with Gasteiger partial charge in [0.25, 0.3) is 5.91 Å². The van der Waals surface area contributed by atoms with Gasteiger partial charge in [-0.05, 0) is 36.8 Å². The van der Waals surface area contributed by atoms with Gasteiger partial charge in [-0.15, -0.1) is 0 Å². The number of pyridine rings is 1. The number of amides is 1. The molecule has 9 heteroatoms. The highest BCUT2D eigenvalue weighted by Gasteiger charge is 2.29. The van der Waals surface area contributed by atoms with Crippen LogP contribution in [0.3, 0.4) is 0 Å². The summed E-state index contributed by atoms with van der Waals surface area (Å²) in [6.07, 6.45) is 0.00986. The molecule has 0 aliphatic carbocycles. The zero-order chi connectivity index (χ0) is 23.1. The Morgan fingerprint density at radius 3 is 2.56 bits per heavy atom. The molecule has 1 heterocycles. The summed E-state index contributed by atoms with van der Waals surface area (Å²) in [7, 11) is 0. The SMILES string of the molecule is CCOC(C(=O)NCc1ccc(C(N)=NO)cc1)c1c(F)ccc(-c2ccccn2)c1F. The Labute approximate surface area is 183 Å². The van der Waals surface area contributed by atoms with Gasteiger partial charge in [-0.1, -0.05) is 35.5 Å². The Bertz CT molecular complexity index is 1110. The van der Waals surface area contributed by atoms with Gasteiger partial charge < -0.3 is 21.0 Å². The second kappa shape index (κ2) is 10.5. The fourth-order valence-corrected chi connectivity index (χ4v) is 3.12. The lowest BCUT2D eigenvalue weighted by Gasteiger charge is -2.20. The van der Waals surface area contributed by atoms with Gasteiger partial charge in [0, 0.05) is 30.5 Å². The van der Waals surface area contributed by atoms with Gasteiger partial charge in [0.05, 0.1) is 11.3 Å². The summed E-state index contributed by atoms with van der Waals surface area (Å²) in [5.41, 5.74) is 6.63. The van der Waals surface area contributed by atoms with Crippen molar-refractivity contribution in [2.24, 2.45) is 10.9 Å². The predicted octanol–water partition coefficient (Wildman–Crippen LogP) is 3.52. The highest BCUT2D eigenvalue weighted by atomic mass is 19.1. The van der Waals surface area contributed by atoms with E-state index in [-0.39, 0.29) is 24.6 Å². The molecule has 166 valence electrons. The van der Waals surface area contributed by atoms with E-state index in [1.807, 2.05) is 0 Å². The van der Waals surface area contributed by atoms with Crippen LogP contribution in [0.2, 0.25) is 0 Å². The highest BCUT2D eigenvalue weighted by Crippen LogP contribution is 2.31. The molecule has 0 radical (unpaired) electrons. The molecule has 1 unspecified atom stereocenters. The maximum Gasteiger partial charge on any atom is 0.254 e. The first-order valence-corrected chi connectivity index (χ1v) is 9.81. The summed E-state index contributed by atoms with van der Waals surface area (Å²) in [4.78, 5) is 16.9. The normalized spacial score (nSPS) is 12.4. The number of amidine groups is 1. The number of halogens is 2. The van der Waals surface area contributed by atoms with Gasteiger partial charge in [-0.3, -0.25) is 9.78 Å². The maximum absolute atomic E-state index is 15.3. The zero-order valence-electron chi connectivity index (χ0n) is 17.3. The van der Waals surface area contributed by atoms with Crippen LogP contribution in [0, 0.1) is 11.6 Å². The van der Waals surface area contributed by atoms with Crippen LogP contribution in [0.5, 0.6) is 0 Å². The number of nitrogens with one attached hydrogen (secondary N) is 1. The van der Waals surface area contributed by atoms with Crippen LogP contribution < -0.4 is 11.1 Å². The minimum absolute atomic E-state index is 0.0456. The summed E-state index contributed by atoms with van der Waals surface area (Å²) < 4.78 is 35.3. The van der Waals surface area contributed by atoms with Crippen LogP contribution in [0.25, 0.3) is 11.3 Å². The molecular formula is C23H22F2N4O3. The van der Waals surface area contributed by atoms with Gasteiger partial charge in [0.15, 0.2) is 11.9 Å².